The van der Waals surface area contributed by atoms with Gasteiger partial charge in [0.1, 0.15) is 0 Å². The maximum atomic E-state index is 12.1. The summed E-state index contributed by atoms with van der Waals surface area (Å²) < 4.78 is 0. The summed E-state index contributed by atoms with van der Waals surface area (Å²) in [6, 6.07) is 8.42. The van der Waals surface area contributed by atoms with Crippen molar-refractivity contribution in [3.05, 3.63) is 35.9 Å². The van der Waals surface area contributed by atoms with Crippen molar-refractivity contribution in [1.82, 2.24) is 5.32 Å². The number of carbonyl (C=O) groups excluding carboxylic acids is 1. The number of aliphatic hydroxyl groups excluding tert-OH is 1. The second-order valence-electron chi connectivity index (χ2n) is 6.92. The summed E-state index contributed by atoms with van der Waals surface area (Å²) in [5.41, 5.74) is 1.10. The van der Waals surface area contributed by atoms with E-state index in [1.807, 2.05) is 30.0 Å². The second kappa shape index (κ2) is 9.90. The fourth-order valence-corrected chi connectivity index (χ4v) is 4.08. The smallest absolute Gasteiger partial charge is 0.244 e. The molecule has 3 nitrogen and oxygen atoms in total. The van der Waals surface area contributed by atoms with Crippen LogP contribution in [0, 0.1) is 5.92 Å². The summed E-state index contributed by atoms with van der Waals surface area (Å²) >= 11 is 1.85. The second-order valence-corrected chi connectivity index (χ2v) is 8.05. The number of benzene rings is 1. The molecule has 0 aliphatic heterocycles. The highest BCUT2D eigenvalue weighted by Gasteiger charge is 2.19. The van der Waals surface area contributed by atoms with Gasteiger partial charge in [-0.1, -0.05) is 32.0 Å². The van der Waals surface area contributed by atoms with E-state index in [1.54, 1.807) is 6.08 Å². The Morgan fingerprint density at radius 3 is 2.71 bits per heavy atom. The van der Waals surface area contributed by atoms with Crippen molar-refractivity contribution in [1.29, 1.82) is 0 Å². The summed E-state index contributed by atoms with van der Waals surface area (Å²) in [5, 5.41) is 12.6. The highest BCUT2D eigenvalue weighted by molar-refractivity contribution is 7.99. The van der Waals surface area contributed by atoms with Crippen molar-refractivity contribution in [2.75, 3.05) is 5.75 Å². The first-order valence-corrected chi connectivity index (χ1v) is 9.91. The average molecular weight is 348 g/mol. The largest absolute Gasteiger partial charge is 0.393 e. The number of aliphatic hydroxyl groups is 1. The van der Waals surface area contributed by atoms with E-state index in [0.29, 0.717) is 5.92 Å². The lowest BCUT2D eigenvalue weighted by molar-refractivity contribution is -0.117. The van der Waals surface area contributed by atoms with Crippen molar-refractivity contribution < 1.29 is 9.90 Å². The number of amides is 1. The van der Waals surface area contributed by atoms with Crippen LogP contribution in [0.3, 0.4) is 0 Å². The van der Waals surface area contributed by atoms with E-state index in [-0.39, 0.29) is 18.1 Å². The zero-order valence-corrected chi connectivity index (χ0v) is 15.5. The topological polar surface area (TPSA) is 49.3 Å². The predicted molar refractivity (Wildman–Crippen MR) is 102 cm³/mol. The first-order chi connectivity index (χ1) is 11.5. The molecule has 0 saturated heterocycles. The fourth-order valence-electron chi connectivity index (χ4n) is 2.79. The monoisotopic (exact) mass is 347 g/mol. The molecule has 0 unspecified atom stereocenters. The van der Waals surface area contributed by atoms with E-state index in [9.17, 15) is 9.90 Å². The summed E-state index contributed by atoms with van der Waals surface area (Å²) in [5.74, 6) is 1.76. The zero-order valence-electron chi connectivity index (χ0n) is 14.7. The third-order valence-corrected chi connectivity index (χ3v) is 5.45. The minimum Gasteiger partial charge on any atom is -0.393 e. The molecule has 0 radical (unpaired) electrons. The molecule has 1 aromatic carbocycles. The van der Waals surface area contributed by atoms with Gasteiger partial charge in [-0.15, -0.1) is 11.8 Å². The molecule has 0 spiro atoms. The number of hydrogen-bond acceptors (Lipinski definition) is 3. The first-order valence-electron chi connectivity index (χ1n) is 8.93. The Bertz CT molecular complexity index is 548. The van der Waals surface area contributed by atoms with Crippen LogP contribution in [0.5, 0.6) is 0 Å². The van der Waals surface area contributed by atoms with Crippen LogP contribution < -0.4 is 5.32 Å². The van der Waals surface area contributed by atoms with Crippen LogP contribution in [-0.4, -0.2) is 28.9 Å². The van der Waals surface area contributed by atoms with Crippen LogP contribution in [-0.2, 0) is 4.79 Å². The Kier molecular flexibility index (Phi) is 7.86. The van der Waals surface area contributed by atoms with E-state index in [2.05, 4.69) is 31.3 Å². The van der Waals surface area contributed by atoms with Crippen molar-refractivity contribution in [2.24, 2.45) is 5.92 Å². The summed E-state index contributed by atoms with van der Waals surface area (Å²) in [7, 11) is 0. The molecule has 0 atom stereocenters. The summed E-state index contributed by atoms with van der Waals surface area (Å²) in [6.07, 6.45) is 7.83. The van der Waals surface area contributed by atoms with Gasteiger partial charge in [0.15, 0.2) is 0 Å². The highest BCUT2D eigenvalue weighted by atomic mass is 32.2. The van der Waals surface area contributed by atoms with Crippen molar-refractivity contribution in [3.63, 3.8) is 0 Å². The molecular formula is C20H29NO2S. The first kappa shape index (κ1) is 19.1. The van der Waals surface area contributed by atoms with E-state index < -0.39 is 0 Å². The zero-order chi connectivity index (χ0) is 17.4. The molecule has 2 rings (SSSR count). The molecule has 2 N–H and O–H groups in total. The van der Waals surface area contributed by atoms with Gasteiger partial charge in [0.2, 0.25) is 5.91 Å². The number of rotatable bonds is 7. The quantitative estimate of drug-likeness (QED) is 0.572. The van der Waals surface area contributed by atoms with Crippen LogP contribution in [0.15, 0.2) is 35.2 Å². The Hall–Kier alpha value is -1.26. The molecule has 1 saturated carbocycles. The minimum absolute atomic E-state index is 0.0432. The van der Waals surface area contributed by atoms with Crippen LogP contribution in [0.2, 0.25) is 0 Å². The third-order valence-electron chi connectivity index (χ3n) is 4.33. The predicted octanol–water partition coefficient (Wildman–Crippen LogP) is 4.26. The van der Waals surface area contributed by atoms with E-state index in [4.69, 9.17) is 0 Å². The van der Waals surface area contributed by atoms with Gasteiger partial charge < -0.3 is 10.4 Å². The lowest BCUT2D eigenvalue weighted by Gasteiger charge is -2.25. The van der Waals surface area contributed by atoms with Gasteiger partial charge in [0.05, 0.1) is 6.10 Å². The van der Waals surface area contributed by atoms with Crippen molar-refractivity contribution >= 4 is 23.7 Å². The Morgan fingerprint density at radius 1 is 1.29 bits per heavy atom. The lowest BCUT2D eigenvalue weighted by Crippen LogP contribution is -2.37. The van der Waals surface area contributed by atoms with Gasteiger partial charge in [-0.05, 0) is 61.5 Å². The van der Waals surface area contributed by atoms with Gasteiger partial charge in [-0.25, -0.2) is 0 Å². The van der Waals surface area contributed by atoms with Crippen molar-refractivity contribution in [2.45, 2.75) is 63.0 Å². The number of carbonyl (C=O) groups is 1. The number of hydrogen-bond donors (Lipinski definition) is 2. The van der Waals surface area contributed by atoms with Gasteiger partial charge in [0.25, 0.3) is 0 Å². The van der Waals surface area contributed by atoms with Gasteiger partial charge in [0, 0.05) is 17.0 Å². The minimum atomic E-state index is -0.191. The van der Waals surface area contributed by atoms with Gasteiger partial charge >= 0.3 is 0 Å². The van der Waals surface area contributed by atoms with Crippen LogP contribution >= 0.6 is 11.8 Å². The van der Waals surface area contributed by atoms with Crippen LogP contribution in [0.4, 0.5) is 0 Å². The molecule has 0 heterocycles. The van der Waals surface area contributed by atoms with Gasteiger partial charge in [-0.3, -0.25) is 4.79 Å². The van der Waals surface area contributed by atoms with Crippen molar-refractivity contribution in [3.8, 4) is 0 Å². The molecule has 24 heavy (non-hydrogen) atoms. The van der Waals surface area contributed by atoms with Crippen LogP contribution in [0.25, 0.3) is 6.08 Å². The molecule has 0 aromatic heterocycles. The van der Waals surface area contributed by atoms with Gasteiger partial charge in [-0.2, -0.15) is 0 Å². The Labute approximate surface area is 149 Å². The third kappa shape index (κ3) is 6.70. The molecule has 1 aromatic rings. The Balaban J connectivity index is 1.87. The van der Waals surface area contributed by atoms with E-state index >= 15 is 0 Å². The fraction of sp³-hybridized carbons (Fsp3) is 0.550. The Morgan fingerprint density at radius 2 is 2.00 bits per heavy atom. The number of nitrogens with one attached hydrogen (secondary N) is 1. The standard InChI is InChI=1S/C20H29NO2S/c1-15(2)13-14-24-19-6-4-3-5-16(19)7-12-20(23)21-17-8-10-18(22)11-9-17/h3-7,12,15,17-18,22H,8-11,13-14H2,1-2H3,(H,21,23)/b12-7+. The molecule has 1 amide bonds. The molecule has 0 bridgehead atoms. The molecule has 1 fully saturated rings. The molecule has 1 aliphatic carbocycles. The van der Waals surface area contributed by atoms with Crippen LogP contribution in [0.1, 0.15) is 51.5 Å². The lowest BCUT2D eigenvalue weighted by atomic mass is 9.93. The molecule has 132 valence electrons. The highest BCUT2D eigenvalue weighted by Crippen LogP contribution is 2.25. The SMILES string of the molecule is CC(C)CCSc1ccccc1/C=C/C(=O)NC1CCC(O)CC1. The maximum Gasteiger partial charge on any atom is 0.244 e. The number of thioether (sulfide) groups is 1. The summed E-state index contributed by atoms with van der Waals surface area (Å²) in [4.78, 5) is 13.3. The van der Waals surface area contributed by atoms with E-state index in [1.165, 1.54) is 11.3 Å². The normalized spacial score (nSPS) is 21.3. The molecular weight excluding hydrogens is 318 g/mol. The average Bonchev–Trinajstić information content (AvgIpc) is 2.56. The molecule has 4 heteroatoms. The summed E-state index contributed by atoms with van der Waals surface area (Å²) in [6.45, 7) is 4.47. The molecule has 1 aliphatic rings. The maximum absolute atomic E-state index is 12.1. The van der Waals surface area contributed by atoms with E-state index in [0.717, 1.165) is 37.0 Å².